The van der Waals surface area contributed by atoms with Gasteiger partial charge < -0.3 is 15.6 Å². The molecule has 208 valence electrons. The number of nitriles is 2. The highest BCUT2D eigenvalue weighted by Gasteiger charge is 2.26. The Bertz CT molecular complexity index is 1790. The number of anilines is 3. The highest BCUT2D eigenvalue weighted by atomic mass is 32.2. The molecule has 2 heterocycles. The molecule has 1 unspecified atom stereocenters. The third kappa shape index (κ3) is 6.49. The third-order valence-electron chi connectivity index (χ3n) is 5.97. The van der Waals surface area contributed by atoms with Gasteiger partial charge in [0.15, 0.2) is 5.82 Å². The number of carbonyl (C=O) groups is 1. The number of rotatable bonds is 9. The van der Waals surface area contributed by atoms with Crippen molar-refractivity contribution >= 4 is 45.0 Å². The van der Waals surface area contributed by atoms with Crippen molar-refractivity contribution in [3.8, 4) is 23.3 Å². The Morgan fingerprint density at radius 3 is 2.29 bits per heavy atom. The van der Waals surface area contributed by atoms with Crippen LogP contribution in [0.25, 0.3) is 11.1 Å². The number of thioether (sulfide) groups is 1. The first kappa shape index (κ1) is 29.1. The summed E-state index contributed by atoms with van der Waals surface area (Å²) in [6, 6.07) is 18.6. The van der Waals surface area contributed by atoms with Crippen LogP contribution in [0.15, 0.2) is 69.0 Å². The van der Waals surface area contributed by atoms with Gasteiger partial charge in [0.25, 0.3) is 10.0 Å². The second-order valence-electron chi connectivity index (χ2n) is 8.97. The lowest BCUT2D eigenvalue weighted by atomic mass is 9.96. The smallest absolute Gasteiger partial charge is 0.263 e. The van der Waals surface area contributed by atoms with Crippen molar-refractivity contribution < 1.29 is 17.7 Å². The molecule has 0 fully saturated rings. The second kappa shape index (κ2) is 12.1. The number of sulfonamides is 1. The van der Waals surface area contributed by atoms with Crippen LogP contribution in [0, 0.1) is 36.5 Å². The Kier molecular flexibility index (Phi) is 8.62. The van der Waals surface area contributed by atoms with Crippen molar-refractivity contribution in [2.45, 2.75) is 42.4 Å². The van der Waals surface area contributed by atoms with Crippen LogP contribution >= 0.6 is 11.8 Å². The molecule has 0 aliphatic carbocycles. The number of amides is 1. The second-order valence-corrected chi connectivity index (χ2v) is 11.8. The number of benzene rings is 2. The van der Waals surface area contributed by atoms with Crippen LogP contribution in [0.1, 0.15) is 35.8 Å². The molecule has 13 heteroatoms. The summed E-state index contributed by atoms with van der Waals surface area (Å²) in [5, 5.41) is 25.8. The van der Waals surface area contributed by atoms with Crippen molar-refractivity contribution in [2.24, 2.45) is 0 Å². The highest BCUT2D eigenvalue weighted by molar-refractivity contribution is 8.00. The number of nitrogens with two attached hydrogens (primary N) is 1. The van der Waals surface area contributed by atoms with E-state index in [2.05, 4.69) is 26.2 Å². The quantitative estimate of drug-likeness (QED) is 0.225. The van der Waals surface area contributed by atoms with Crippen molar-refractivity contribution in [2.75, 3.05) is 15.8 Å². The molecule has 1 atom stereocenters. The molecule has 4 N–H and O–H groups in total. The van der Waals surface area contributed by atoms with Gasteiger partial charge in [-0.05, 0) is 50.1 Å². The van der Waals surface area contributed by atoms with Crippen molar-refractivity contribution in [3.05, 3.63) is 77.0 Å². The Balaban J connectivity index is 1.56. The van der Waals surface area contributed by atoms with Gasteiger partial charge in [-0.15, -0.1) is 0 Å². The number of hydrogen-bond donors (Lipinski definition) is 3. The fraction of sp³-hybridized carbons (Fsp3) is 0.179. The molecule has 0 saturated heterocycles. The molecule has 0 saturated carbocycles. The first-order chi connectivity index (χ1) is 19.6. The number of aryl methyl sites for hydroxylation is 2. The largest absolute Gasteiger partial charge is 0.383 e. The normalized spacial score (nSPS) is 11.7. The number of pyridine rings is 1. The third-order valence-corrected chi connectivity index (χ3v) is 8.69. The van der Waals surface area contributed by atoms with E-state index >= 15 is 0 Å². The van der Waals surface area contributed by atoms with Crippen LogP contribution in [-0.2, 0) is 14.8 Å². The zero-order valence-electron chi connectivity index (χ0n) is 22.3. The molecule has 11 nitrogen and oxygen atoms in total. The highest BCUT2D eigenvalue weighted by Crippen LogP contribution is 2.38. The first-order valence-electron chi connectivity index (χ1n) is 12.3. The number of hydrogen-bond acceptors (Lipinski definition) is 10. The van der Waals surface area contributed by atoms with Gasteiger partial charge in [0, 0.05) is 17.3 Å². The van der Waals surface area contributed by atoms with Gasteiger partial charge in [-0.3, -0.25) is 9.52 Å². The molecule has 1 amide bonds. The number of nitrogens with zero attached hydrogens (tertiary/aromatic N) is 4. The molecule has 4 aromatic rings. The Labute approximate surface area is 241 Å². The van der Waals surface area contributed by atoms with E-state index in [0.717, 1.165) is 17.3 Å². The fourth-order valence-electron chi connectivity index (χ4n) is 3.90. The minimum absolute atomic E-state index is 0.0304. The van der Waals surface area contributed by atoms with E-state index in [4.69, 9.17) is 10.3 Å². The summed E-state index contributed by atoms with van der Waals surface area (Å²) in [5.74, 6) is 0.0964. The van der Waals surface area contributed by atoms with E-state index in [1.165, 1.54) is 30.3 Å². The van der Waals surface area contributed by atoms with Crippen LogP contribution < -0.4 is 15.8 Å². The van der Waals surface area contributed by atoms with Gasteiger partial charge in [-0.25, -0.2) is 13.4 Å². The Morgan fingerprint density at radius 2 is 1.73 bits per heavy atom. The summed E-state index contributed by atoms with van der Waals surface area (Å²) in [5.41, 5.74) is 8.76. The zero-order chi connectivity index (χ0) is 29.7. The van der Waals surface area contributed by atoms with Crippen LogP contribution in [0.2, 0.25) is 0 Å². The predicted octanol–water partition coefficient (Wildman–Crippen LogP) is 4.99. The van der Waals surface area contributed by atoms with Gasteiger partial charge in [-0.2, -0.15) is 10.5 Å². The molecular weight excluding hydrogens is 562 g/mol. The molecule has 2 aromatic heterocycles. The molecule has 2 aromatic carbocycles. The fourth-order valence-corrected chi connectivity index (χ4v) is 5.90. The lowest BCUT2D eigenvalue weighted by molar-refractivity contribution is -0.115. The van der Waals surface area contributed by atoms with Crippen molar-refractivity contribution in [1.29, 1.82) is 10.5 Å². The molecule has 4 rings (SSSR count). The lowest BCUT2D eigenvalue weighted by Gasteiger charge is -2.18. The standard InChI is InChI=1S/C28H25N7O4S2/c1-4-23(27(36)32-19-9-11-20(12-10-19)41(37,38)35-24-13-17(3)39-34-24)40-28-22(15-30)25(21(14-29)26(31)33-28)18-7-5-16(2)6-8-18/h5-13,23H,4H2,1-3H3,(H2,31,33)(H,32,36)(H,34,35). The predicted molar refractivity (Wildman–Crippen MR) is 155 cm³/mol. The maximum atomic E-state index is 13.2. The van der Waals surface area contributed by atoms with E-state index < -0.39 is 15.3 Å². The zero-order valence-corrected chi connectivity index (χ0v) is 23.9. The number of carbonyl (C=O) groups excluding carboxylic acids is 1. The SMILES string of the molecule is CCC(Sc1nc(N)c(C#N)c(-c2ccc(C)cc2)c1C#N)C(=O)Nc1ccc(S(=O)(=O)Nc2cc(C)on2)cc1. The average Bonchev–Trinajstić information content (AvgIpc) is 3.35. The summed E-state index contributed by atoms with van der Waals surface area (Å²) in [7, 11) is -3.92. The molecular formula is C28H25N7O4S2. The Morgan fingerprint density at radius 1 is 1.07 bits per heavy atom. The molecule has 0 radical (unpaired) electrons. The van der Waals surface area contributed by atoms with E-state index in [-0.39, 0.29) is 38.6 Å². The van der Waals surface area contributed by atoms with Crippen LogP contribution in [-0.4, -0.2) is 29.7 Å². The van der Waals surface area contributed by atoms with E-state index in [1.54, 1.807) is 19.1 Å². The van der Waals surface area contributed by atoms with Gasteiger partial charge >= 0.3 is 0 Å². The minimum Gasteiger partial charge on any atom is -0.383 e. The maximum absolute atomic E-state index is 13.2. The lowest BCUT2D eigenvalue weighted by Crippen LogP contribution is -2.25. The summed E-state index contributed by atoms with van der Waals surface area (Å²) >= 11 is 1.07. The monoisotopic (exact) mass is 587 g/mol. The number of nitrogens with one attached hydrogen (secondary N) is 2. The minimum atomic E-state index is -3.92. The molecule has 0 aliphatic heterocycles. The number of aromatic nitrogens is 2. The number of nitrogen functional groups attached to an aromatic ring is 1. The summed E-state index contributed by atoms with van der Waals surface area (Å²) in [4.78, 5) is 17.5. The Hall–Kier alpha value is -4.85. The van der Waals surface area contributed by atoms with Crippen molar-refractivity contribution in [3.63, 3.8) is 0 Å². The summed E-state index contributed by atoms with van der Waals surface area (Å²) < 4.78 is 32.5. The van der Waals surface area contributed by atoms with Crippen LogP contribution in [0.3, 0.4) is 0 Å². The topological polar surface area (TPSA) is 188 Å². The first-order valence-corrected chi connectivity index (χ1v) is 14.7. The summed E-state index contributed by atoms with van der Waals surface area (Å²) in [6.07, 6.45) is 0.385. The van der Waals surface area contributed by atoms with Crippen LogP contribution in [0.4, 0.5) is 17.3 Å². The average molecular weight is 588 g/mol. The van der Waals surface area contributed by atoms with Gasteiger partial charge in [0.1, 0.15) is 34.3 Å². The summed E-state index contributed by atoms with van der Waals surface area (Å²) in [6.45, 7) is 5.38. The maximum Gasteiger partial charge on any atom is 0.263 e. The van der Waals surface area contributed by atoms with E-state index in [0.29, 0.717) is 29.0 Å². The van der Waals surface area contributed by atoms with E-state index in [9.17, 15) is 23.7 Å². The molecule has 0 aliphatic rings. The molecule has 0 bridgehead atoms. The van der Waals surface area contributed by atoms with Gasteiger partial charge in [-0.1, -0.05) is 53.7 Å². The van der Waals surface area contributed by atoms with Crippen LogP contribution in [0.5, 0.6) is 0 Å². The van der Waals surface area contributed by atoms with Gasteiger partial charge in [0.05, 0.1) is 15.7 Å². The molecule has 41 heavy (non-hydrogen) atoms. The van der Waals surface area contributed by atoms with E-state index in [1.807, 2.05) is 32.0 Å². The van der Waals surface area contributed by atoms with Gasteiger partial charge in [0.2, 0.25) is 5.91 Å². The molecule has 0 spiro atoms. The van der Waals surface area contributed by atoms with Crippen molar-refractivity contribution in [1.82, 2.24) is 10.1 Å².